The molecule has 1 aliphatic rings. The fourth-order valence-corrected chi connectivity index (χ4v) is 2.67. The second-order valence-electron chi connectivity index (χ2n) is 5.14. The first-order chi connectivity index (χ1) is 9.20. The molecule has 0 amide bonds. The second kappa shape index (κ2) is 6.14. The van der Waals surface area contributed by atoms with Crippen molar-refractivity contribution >= 4 is 0 Å². The molecule has 1 atom stereocenters. The SMILES string of the molecule is [C-]#[N+]C1(c2ccccc2)CCN(CC(F)CN)CC1. The number of rotatable bonds is 4. The Morgan fingerprint density at radius 3 is 2.47 bits per heavy atom. The molecule has 2 N–H and O–H groups in total. The van der Waals surface area contributed by atoms with Crippen LogP contribution in [0.5, 0.6) is 0 Å². The highest BCUT2D eigenvalue weighted by molar-refractivity contribution is 5.29. The van der Waals surface area contributed by atoms with Gasteiger partial charge in [-0.1, -0.05) is 30.3 Å². The maximum atomic E-state index is 13.3. The van der Waals surface area contributed by atoms with Gasteiger partial charge in [-0.15, -0.1) is 0 Å². The Morgan fingerprint density at radius 1 is 1.32 bits per heavy atom. The van der Waals surface area contributed by atoms with Crippen LogP contribution in [-0.4, -0.2) is 37.3 Å². The van der Waals surface area contributed by atoms with E-state index in [0.29, 0.717) is 6.54 Å². The number of hydrogen-bond acceptors (Lipinski definition) is 2. The second-order valence-corrected chi connectivity index (χ2v) is 5.14. The van der Waals surface area contributed by atoms with Crippen molar-refractivity contribution in [1.82, 2.24) is 4.90 Å². The highest BCUT2D eigenvalue weighted by Crippen LogP contribution is 2.36. The molecule has 0 bridgehead atoms. The molecule has 102 valence electrons. The predicted octanol–water partition coefficient (Wildman–Crippen LogP) is 2.19. The normalized spacial score (nSPS) is 20.7. The molecular weight excluding hydrogens is 241 g/mol. The lowest BCUT2D eigenvalue weighted by atomic mass is 9.81. The van der Waals surface area contributed by atoms with Gasteiger partial charge >= 0.3 is 0 Å². The lowest BCUT2D eigenvalue weighted by Gasteiger charge is -2.34. The van der Waals surface area contributed by atoms with E-state index >= 15 is 0 Å². The quantitative estimate of drug-likeness (QED) is 0.843. The molecule has 1 aromatic carbocycles. The monoisotopic (exact) mass is 261 g/mol. The molecule has 0 spiro atoms. The molecule has 3 nitrogen and oxygen atoms in total. The van der Waals surface area contributed by atoms with E-state index in [1.165, 1.54) is 0 Å². The zero-order chi connectivity index (χ0) is 13.7. The molecule has 0 aliphatic carbocycles. The third kappa shape index (κ3) is 3.12. The van der Waals surface area contributed by atoms with Gasteiger partial charge in [0.1, 0.15) is 6.17 Å². The zero-order valence-corrected chi connectivity index (χ0v) is 11.1. The third-order valence-corrected chi connectivity index (χ3v) is 3.92. The van der Waals surface area contributed by atoms with Crippen molar-refractivity contribution in [2.75, 3.05) is 26.2 Å². The van der Waals surface area contributed by atoms with Crippen LogP contribution in [0.15, 0.2) is 30.3 Å². The first-order valence-corrected chi connectivity index (χ1v) is 6.71. The Balaban J connectivity index is 2.03. The summed E-state index contributed by atoms with van der Waals surface area (Å²) >= 11 is 0. The number of benzene rings is 1. The van der Waals surface area contributed by atoms with Crippen LogP contribution in [0.4, 0.5) is 4.39 Å². The van der Waals surface area contributed by atoms with Crippen LogP contribution in [0.3, 0.4) is 0 Å². The van der Waals surface area contributed by atoms with Gasteiger partial charge in [0.2, 0.25) is 0 Å². The smallest absolute Gasteiger partial charge is 0.260 e. The van der Waals surface area contributed by atoms with E-state index in [1.54, 1.807) is 0 Å². The first kappa shape index (κ1) is 14.0. The van der Waals surface area contributed by atoms with Crippen LogP contribution >= 0.6 is 0 Å². The third-order valence-electron chi connectivity index (χ3n) is 3.92. The average Bonchev–Trinajstić information content (AvgIpc) is 2.49. The van der Waals surface area contributed by atoms with Gasteiger partial charge in [-0.05, 0) is 0 Å². The molecule has 1 heterocycles. The molecule has 0 radical (unpaired) electrons. The van der Waals surface area contributed by atoms with Gasteiger partial charge in [0.05, 0.1) is 0 Å². The summed E-state index contributed by atoms with van der Waals surface area (Å²) in [5.74, 6) is 0. The molecular formula is C15H20FN3. The van der Waals surface area contributed by atoms with Gasteiger partial charge in [-0.3, -0.25) is 4.90 Å². The summed E-state index contributed by atoms with van der Waals surface area (Å²) in [5, 5.41) is 0. The Labute approximate surface area is 114 Å². The molecule has 19 heavy (non-hydrogen) atoms. The lowest BCUT2D eigenvalue weighted by Crippen LogP contribution is -2.44. The van der Waals surface area contributed by atoms with Crippen LogP contribution in [0.2, 0.25) is 0 Å². The van der Waals surface area contributed by atoms with E-state index in [4.69, 9.17) is 12.3 Å². The van der Waals surface area contributed by atoms with Crippen molar-refractivity contribution in [3.8, 4) is 0 Å². The first-order valence-electron chi connectivity index (χ1n) is 6.71. The standard InChI is InChI=1S/C15H20FN3/c1-18-15(13-5-3-2-4-6-13)7-9-19(10-8-15)12-14(16)11-17/h2-6,14H,7-12,17H2. The highest BCUT2D eigenvalue weighted by atomic mass is 19.1. The van der Waals surface area contributed by atoms with Crippen LogP contribution in [0.1, 0.15) is 18.4 Å². The molecule has 1 fully saturated rings. The Morgan fingerprint density at radius 2 is 1.95 bits per heavy atom. The summed E-state index contributed by atoms with van der Waals surface area (Å²) in [4.78, 5) is 5.96. The van der Waals surface area contributed by atoms with Crippen LogP contribution in [0.25, 0.3) is 4.85 Å². The van der Waals surface area contributed by atoms with Gasteiger partial charge in [-0.25, -0.2) is 11.0 Å². The number of piperidine rings is 1. The van der Waals surface area contributed by atoms with E-state index in [1.807, 2.05) is 30.3 Å². The largest absolute Gasteiger partial charge is 0.328 e. The Kier molecular flexibility index (Phi) is 4.52. The number of nitrogens with two attached hydrogens (primary N) is 1. The number of alkyl halides is 1. The molecule has 1 saturated heterocycles. The summed E-state index contributed by atoms with van der Waals surface area (Å²) in [7, 11) is 0. The summed E-state index contributed by atoms with van der Waals surface area (Å²) in [6.45, 7) is 9.52. The molecule has 1 unspecified atom stereocenters. The van der Waals surface area contributed by atoms with Crippen molar-refractivity contribution in [3.63, 3.8) is 0 Å². The number of hydrogen-bond donors (Lipinski definition) is 1. The van der Waals surface area contributed by atoms with Gasteiger partial charge in [0.15, 0.2) is 0 Å². The number of likely N-dealkylation sites (tertiary alicyclic amines) is 1. The highest BCUT2D eigenvalue weighted by Gasteiger charge is 2.42. The molecule has 2 rings (SSSR count). The van der Waals surface area contributed by atoms with Crippen molar-refractivity contribution < 1.29 is 4.39 Å². The molecule has 1 aliphatic heterocycles. The van der Waals surface area contributed by atoms with Crippen molar-refractivity contribution in [2.45, 2.75) is 24.6 Å². The lowest BCUT2D eigenvalue weighted by molar-refractivity contribution is 0.141. The topological polar surface area (TPSA) is 33.6 Å². The molecule has 4 heteroatoms. The molecule has 1 aromatic rings. The zero-order valence-electron chi connectivity index (χ0n) is 11.1. The minimum absolute atomic E-state index is 0.0726. The van der Waals surface area contributed by atoms with Crippen LogP contribution in [0, 0.1) is 6.57 Å². The van der Waals surface area contributed by atoms with E-state index in [-0.39, 0.29) is 6.54 Å². The minimum Gasteiger partial charge on any atom is -0.328 e. The van der Waals surface area contributed by atoms with Gasteiger partial charge in [-0.2, -0.15) is 0 Å². The predicted molar refractivity (Wildman–Crippen MR) is 74.3 cm³/mol. The van der Waals surface area contributed by atoms with E-state index in [0.717, 1.165) is 31.5 Å². The van der Waals surface area contributed by atoms with Crippen molar-refractivity contribution in [3.05, 3.63) is 47.3 Å². The summed E-state index contributed by atoms with van der Waals surface area (Å²) in [6, 6.07) is 9.95. The van der Waals surface area contributed by atoms with E-state index < -0.39 is 11.7 Å². The fourth-order valence-electron chi connectivity index (χ4n) is 2.67. The van der Waals surface area contributed by atoms with Crippen LogP contribution < -0.4 is 5.73 Å². The summed E-state index contributed by atoms with van der Waals surface area (Å²) < 4.78 is 13.3. The van der Waals surface area contributed by atoms with E-state index in [9.17, 15) is 4.39 Å². The minimum atomic E-state index is -0.961. The molecule has 0 aromatic heterocycles. The van der Waals surface area contributed by atoms with E-state index in [2.05, 4.69) is 9.74 Å². The number of nitrogens with zero attached hydrogens (tertiary/aromatic N) is 2. The van der Waals surface area contributed by atoms with Crippen molar-refractivity contribution in [1.29, 1.82) is 0 Å². The Hall–Kier alpha value is -1.44. The van der Waals surface area contributed by atoms with Gasteiger partial charge in [0, 0.05) is 44.6 Å². The fraction of sp³-hybridized carbons (Fsp3) is 0.533. The molecule has 0 saturated carbocycles. The van der Waals surface area contributed by atoms with Crippen molar-refractivity contribution in [2.24, 2.45) is 5.73 Å². The Bertz CT molecular complexity index is 432. The van der Waals surface area contributed by atoms with Crippen LogP contribution in [-0.2, 0) is 5.54 Å². The van der Waals surface area contributed by atoms with Gasteiger partial charge < -0.3 is 10.6 Å². The average molecular weight is 261 g/mol. The number of halogens is 1. The summed E-state index contributed by atoms with van der Waals surface area (Å²) in [5.41, 5.74) is 5.97. The summed E-state index contributed by atoms with van der Waals surface area (Å²) in [6.07, 6.45) is 0.562. The maximum Gasteiger partial charge on any atom is 0.260 e. The maximum absolute atomic E-state index is 13.3. The van der Waals surface area contributed by atoms with Gasteiger partial charge in [0.25, 0.3) is 5.54 Å².